The lowest BCUT2D eigenvalue weighted by Crippen LogP contribution is -2.34. The molecule has 3 aromatic carbocycles. The third-order valence-electron chi connectivity index (χ3n) is 4.86. The number of benzene rings is 3. The van der Waals surface area contributed by atoms with Crippen molar-refractivity contribution in [3.8, 4) is 11.1 Å². The first kappa shape index (κ1) is 18.9. The molecule has 140 valence electrons. The van der Waals surface area contributed by atoms with E-state index in [0.29, 0.717) is 5.92 Å². The Morgan fingerprint density at radius 3 is 2.44 bits per heavy atom. The molecule has 0 saturated heterocycles. The van der Waals surface area contributed by atoms with E-state index in [1.807, 2.05) is 42.5 Å². The molecular formula is C23H27N3O. The first-order valence-electron chi connectivity index (χ1n) is 9.36. The average Bonchev–Trinajstić information content (AvgIpc) is 2.67. The number of nitrogen functional groups attached to an aromatic ring is 1. The summed E-state index contributed by atoms with van der Waals surface area (Å²) in [6.07, 6.45) is 0.776. The molecule has 27 heavy (non-hydrogen) atoms. The van der Waals surface area contributed by atoms with Crippen LogP contribution in [-0.4, -0.2) is 12.6 Å². The number of hydrogen-bond acceptors (Lipinski definition) is 3. The Hall–Kier alpha value is -2.85. The fourth-order valence-corrected chi connectivity index (χ4v) is 3.59. The van der Waals surface area contributed by atoms with E-state index in [1.165, 1.54) is 0 Å². The number of anilines is 1. The molecule has 0 radical (unpaired) electrons. The van der Waals surface area contributed by atoms with Crippen molar-refractivity contribution in [1.82, 2.24) is 5.32 Å². The fraction of sp³-hybridized carbons (Fsp3) is 0.261. The number of carbonyl (C=O) groups excluding carboxylic acids is 1. The Kier molecular flexibility index (Phi) is 5.77. The summed E-state index contributed by atoms with van der Waals surface area (Å²) in [5, 5.41) is 4.92. The molecule has 0 saturated carbocycles. The third-order valence-corrected chi connectivity index (χ3v) is 4.86. The number of amides is 1. The molecule has 0 aliphatic heterocycles. The van der Waals surface area contributed by atoms with Crippen LogP contribution in [0.1, 0.15) is 31.7 Å². The SMILES string of the molecule is CC(C)C[C@@H](C(=O)NCN)c1cccc(-c2ccc(N)c3ccccc23)c1. The molecule has 4 nitrogen and oxygen atoms in total. The predicted molar refractivity (Wildman–Crippen MR) is 113 cm³/mol. The quantitative estimate of drug-likeness (QED) is 0.453. The number of nitrogens with two attached hydrogens (primary N) is 2. The highest BCUT2D eigenvalue weighted by molar-refractivity contribution is 6.03. The maximum absolute atomic E-state index is 12.6. The van der Waals surface area contributed by atoms with Crippen molar-refractivity contribution in [3.05, 3.63) is 66.2 Å². The highest BCUT2D eigenvalue weighted by atomic mass is 16.1. The van der Waals surface area contributed by atoms with Gasteiger partial charge in [0.25, 0.3) is 0 Å². The van der Waals surface area contributed by atoms with Crippen LogP contribution >= 0.6 is 0 Å². The van der Waals surface area contributed by atoms with Crippen LogP contribution in [0, 0.1) is 5.92 Å². The summed E-state index contributed by atoms with van der Waals surface area (Å²) in [4.78, 5) is 12.6. The molecular weight excluding hydrogens is 334 g/mol. The fourth-order valence-electron chi connectivity index (χ4n) is 3.59. The van der Waals surface area contributed by atoms with Crippen LogP contribution < -0.4 is 16.8 Å². The number of nitrogens with one attached hydrogen (secondary N) is 1. The van der Waals surface area contributed by atoms with Gasteiger partial charge >= 0.3 is 0 Å². The maximum Gasteiger partial charge on any atom is 0.228 e. The van der Waals surface area contributed by atoms with Gasteiger partial charge in [-0.2, -0.15) is 0 Å². The van der Waals surface area contributed by atoms with Gasteiger partial charge in [-0.1, -0.05) is 68.4 Å². The molecule has 0 bridgehead atoms. The van der Waals surface area contributed by atoms with E-state index < -0.39 is 0 Å². The van der Waals surface area contributed by atoms with Crippen molar-refractivity contribution < 1.29 is 4.79 Å². The van der Waals surface area contributed by atoms with E-state index in [-0.39, 0.29) is 18.5 Å². The zero-order chi connectivity index (χ0) is 19.4. The molecule has 5 N–H and O–H groups in total. The Bertz CT molecular complexity index is 949. The van der Waals surface area contributed by atoms with Crippen LogP contribution in [0.3, 0.4) is 0 Å². The zero-order valence-electron chi connectivity index (χ0n) is 15.9. The highest BCUT2D eigenvalue weighted by Crippen LogP contribution is 2.34. The molecule has 0 fully saturated rings. The largest absolute Gasteiger partial charge is 0.398 e. The van der Waals surface area contributed by atoms with Crippen LogP contribution in [0.4, 0.5) is 5.69 Å². The molecule has 0 spiro atoms. The second-order valence-corrected chi connectivity index (χ2v) is 7.30. The minimum absolute atomic E-state index is 0.0227. The van der Waals surface area contributed by atoms with Crippen molar-refractivity contribution in [2.45, 2.75) is 26.2 Å². The average molecular weight is 361 g/mol. The van der Waals surface area contributed by atoms with Crippen LogP contribution in [0.2, 0.25) is 0 Å². The predicted octanol–water partition coefficient (Wildman–Crippen LogP) is 4.25. The standard InChI is InChI=1S/C23H27N3O/c1-15(2)12-21(23(27)26-14-24)17-7-5-6-16(13-17)18-10-11-22(25)20-9-4-3-8-19(18)20/h3-11,13,15,21H,12,14,24-25H2,1-2H3,(H,26,27)/t21-/m1/s1. The molecule has 1 atom stereocenters. The molecule has 3 rings (SSSR count). The van der Waals surface area contributed by atoms with Crippen LogP contribution in [0.25, 0.3) is 21.9 Å². The Morgan fingerprint density at radius 1 is 1.00 bits per heavy atom. The minimum Gasteiger partial charge on any atom is -0.398 e. The third kappa shape index (κ3) is 4.12. The second-order valence-electron chi connectivity index (χ2n) is 7.30. The minimum atomic E-state index is -0.214. The first-order valence-corrected chi connectivity index (χ1v) is 9.36. The second kappa shape index (κ2) is 8.23. The van der Waals surface area contributed by atoms with Gasteiger partial charge in [-0.05, 0) is 40.5 Å². The van der Waals surface area contributed by atoms with Crippen LogP contribution in [-0.2, 0) is 4.79 Å². The topological polar surface area (TPSA) is 81.1 Å². The summed E-state index contributed by atoms with van der Waals surface area (Å²) in [5.41, 5.74) is 15.6. The smallest absolute Gasteiger partial charge is 0.228 e. The Morgan fingerprint density at radius 2 is 1.74 bits per heavy atom. The number of rotatable bonds is 6. The summed E-state index contributed by atoms with van der Waals surface area (Å²) in [6, 6.07) is 20.3. The van der Waals surface area contributed by atoms with Crippen LogP contribution in [0.15, 0.2) is 60.7 Å². The normalized spacial score (nSPS) is 12.3. The van der Waals surface area contributed by atoms with Crippen molar-refractivity contribution in [2.75, 3.05) is 12.4 Å². The lowest BCUT2D eigenvalue weighted by molar-refractivity contribution is -0.122. The van der Waals surface area contributed by atoms with Crippen molar-refractivity contribution >= 4 is 22.4 Å². The van der Waals surface area contributed by atoms with Gasteiger partial charge in [0.05, 0.1) is 12.6 Å². The van der Waals surface area contributed by atoms with Crippen molar-refractivity contribution in [3.63, 3.8) is 0 Å². The maximum atomic E-state index is 12.6. The van der Waals surface area contributed by atoms with Gasteiger partial charge < -0.3 is 16.8 Å². The summed E-state index contributed by atoms with van der Waals surface area (Å²) in [6.45, 7) is 4.40. The van der Waals surface area contributed by atoms with Crippen molar-refractivity contribution in [1.29, 1.82) is 0 Å². The first-order chi connectivity index (χ1) is 13.0. The van der Waals surface area contributed by atoms with Crippen LogP contribution in [0.5, 0.6) is 0 Å². The molecule has 0 unspecified atom stereocenters. The molecule has 4 heteroatoms. The molecule has 0 heterocycles. The van der Waals surface area contributed by atoms with Gasteiger partial charge in [0.1, 0.15) is 0 Å². The van der Waals surface area contributed by atoms with Gasteiger partial charge in [0.2, 0.25) is 5.91 Å². The van der Waals surface area contributed by atoms with Gasteiger partial charge in [0.15, 0.2) is 0 Å². The van der Waals surface area contributed by atoms with Gasteiger partial charge in [-0.25, -0.2) is 0 Å². The summed E-state index contributed by atoms with van der Waals surface area (Å²) < 4.78 is 0. The summed E-state index contributed by atoms with van der Waals surface area (Å²) in [7, 11) is 0. The monoisotopic (exact) mass is 361 g/mol. The zero-order valence-corrected chi connectivity index (χ0v) is 15.9. The van der Waals surface area contributed by atoms with Crippen molar-refractivity contribution in [2.24, 2.45) is 11.7 Å². The van der Waals surface area contributed by atoms with E-state index in [4.69, 9.17) is 11.5 Å². The highest BCUT2D eigenvalue weighted by Gasteiger charge is 2.22. The molecule has 1 amide bonds. The van der Waals surface area contributed by atoms with E-state index in [0.717, 1.165) is 39.6 Å². The van der Waals surface area contributed by atoms with E-state index in [9.17, 15) is 4.79 Å². The van der Waals surface area contributed by atoms with Gasteiger partial charge in [0, 0.05) is 11.1 Å². The molecule has 0 aliphatic carbocycles. The summed E-state index contributed by atoms with van der Waals surface area (Å²) in [5.74, 6) is 0.165. The molecule has 0 aromatic heterocycles. The number of hydrogen-bond donors (Lipinski definition) is 3. The molecule has 3 aromatic rings. The van der Waals surface area contributed by atoms with Gasteiger partial charge in [-0.15, -0.1) is 0 Å². The van der Waals surface area contributed by atoms with E-state index >= 15 is 0 Å². The van der Waals surface area contributed by atoms with Gasteiger partial charge in [-0.3, -0.25) is 4.79 Å². The van der Waals surface area contributed by atoms with E-state index in [2.05, 4.69) is 37.4 Å². The molecule has 0 aliphatic rings. The van der Waals surface area contributed by atoms with E-state index in [1.54, 1.807) is 0 Å². The lowest BCUT2D eigenvalue weighted by Gasteiger charge is -2.20. The lowest BCUT2D eigenvalue weighted by atomic mass is 9.87. The number of carbonyl (C=O) groups is 1. The number of fused-ring (bicyclic) bond motifs is 1. The Balaban J connectivity index is 2.07. The summed E-state index contributed by atoms with van der Waals surface area (Å²) >= 11 is 0. The Labute approximate surface area is 160 Å².